The fourth-order valence-corrected chi connectivity index (χ4v) is 5.73. The zero-order valence-corrected chi connectivity index (χ0v) is 20.7. The third kappa shape index (κ3) is 4.95. The number of hydrogen-bond acceptors (Lipinski definition) is 6. The second-order valence-electron chi connectivity index (χ2n) is 8.63. The average molecular weight is 529 g/mol. The molecule has 0 saturated heterocycles. The molecule has 1 aromatic carbocycles. The average Bonchev–Trinajstić information content (AvgIpc) is 3.37. The molecule has 0 saturated carbocycles. The number of carbonyl (C=O) groups excluding carboxylic acids is 2. The summed E-state index contributed by atoms with van der Waals surface area (Å²) in [5.74, 6) is -1.26. The number of carbonyl (C=O) groups is 2. The van der Waals surface area contributed by atoms with Gasteiger partial charge in [0.25, 0.3) is 5.91 Å². The van der Waals surface area contributed by atoms with E-state index in [9.17, 15) is 22.8 Å². The van der Waals surface area contributed by atoms with Crippen LogP contribution in [0, 0.1) is 0 Å². The molecule has 37 heavy (non-hydrogen) atoms. The number of anilines is 1. The van der Waals surface area contributed by atoms with E-state index in [1.165, 1.54) is 17.4 Å². The molecule has 5 rings (SSSR count). The van der Waals surface area contributed by atoms with Gasteiger partial charge < -0.3 is 10.1 Å². The van der Waals surface area contributed by atoms with E-state index in [0.29, 0.717) is 27.1 Å². The van der Waals surface area contributed by atoms with Gasteiger partial charge in [0.15, 0.2) is 17.0 Å². The van der Waals surface area contributed by atoms with Gasteiger partial charge in [0.05, 0.1) is 17.9 Å². The number of rotatable bonds is 5. The number of amides is 1. The molecule has 192 valence electrons. The number of halogens is 3. The molecule has 1 aliphatic rings. The Hall–Kier alpha value is -3.73. The Bertz CT molecular complexity index is 1480. The summed E-state index contributed by atoms with van der Waals surface area (Å²) in [7, 11) is 0. The number of fused-ring (bicyclic) bond motifs is 2. The van der Waals surface area contributed by atoms with Crippen LogP contribution in [0.2, 0.25) is 0 Å². The highest BCUT2D eigenvalue weighted by Gasteiger charge is 2.36. The molecule has 0 aliphatic heterocycles. The van der Waals surface area contributed by atoms with Gasteiger partial charge in [0, 0.05) is 16.5 Å². The fourth-order valence-electron chi connectivity index (χ4n) is 4.46. The van der Waals surface area contributed by atoms with E-state index in [4.69, 9.17) is 4.74 Å². The number of nitrogens with zero attached hydrogens (tertiary/aromatic N) is 3. The van der Waals surface area contributed by atoms with Gasteiger partial charge >= 0.3 is 12.1 Å². The van der Waals surface area contributed by atoms with E-state index < -0.39 is 23.7 Å². The van der Waals surface area contributed by atoms with Crippen molar-refractivity contribution in [3.05, 3.63) is 69.9 Å². The number of alkyl halides is 3. The van der Waals surface area contributed by atoms with Crippen LogP contribution in [0.25, 0.3) is 16.9 Å². The minimum absolute atomic E-state index is 0.110. The molecule has 1 aliphatic carbocycles. The number of nitrogens with one attached hydrogen (secondary N) is 1. The molecular formula is C26H23F3N4O3S. The van der Waals surface area contributed by atoms with Crippen LogP contribution < -0.4 is 5.32 Å². The van der Waals surface area contributed by atoms with Crippen LogP contribution in [-0.4, -0.2) is 33.1 Å². The van der Waals surface area contributed by atoms with Crippen molar-refractivity contribution in [3.8, 4) is 11.3 Å². The van der Waals surface area contributed by atoms with Gasteiger partial charge in [-0.05, 0) is 44.2 Å². The molecule has 11 heteroatoms. The normalized spacial score (nSPS) is 13.7. The van der Waals surface area contributed by atoms with Crippen molar-refractivity contribution in [3.63, 3.8) is 0 Å². The van der Waals surface area contributed by atoms with Crippen molar-refractivity contribution in [2.45, 2.75) is 45.2 Å². The lowest BCUT2D eigenvalue weighted by Crippen LogP contribution is -2.17. The third-order valence-electron chi connectivity index (χ3n) is 6.15. The molecule has 3 aromatic heterocycles. The maximum absolute atomic E-state index is 13.9. The molecule has 1 amide bonds. The SMILES string of the molecule is CCOC(=O)c1c(NC(=O)c2cc3nc(-c4ccccc4)cc(C(F)(F)F)n3n2)sc2c1CCCCC2. The van der Waals surface area contributed by atoms with Crippen LogP contribution in [0.5, 0.6) is 0 Å². The number of thiophene rings is 1. The predicted octanol–water partition coefficient (Wildman–Crippen LogP) is 6.17. The van der Waals surface area contributed by atoms with Crippen LogP contribution in [0.3, 0.4) is 0 Å². The molecule has 0 unspecified atom stereocenters. The Labute approximate surface area is 214 Å². The topological polar surface area (TPSA) is 85.6 Å². The summed E-state index contributed by atoms with van der Waals surface area (Å²) in [5.41, 5.74) is 0.389. The minimum Gasteiger partial charge on any atom is -0.462 e. The molecule has 3 heterocycles. The summed E-state index contributed by atoms with van der Waals surface area (Å²) in [5, 5.41) is 6.95. The van der Waals surface area contributed by atoms with E-state index in [-0.39, 0.29) is 23.6 Å². The lowest BCUT2D eigenvalue weighted by molar-refractivity contribution is -0.142. The second-order valence-corrected chi connectivity index (χ2v) is 9.74. The number of esters is 1. The van der Waals surface area contributed by atoms with Crippen molar-refractivity contribution in [2.75, 3.05) is 11.9 Å². The van der Waals surface area contributed by atoms with Gasteiger partial charge in [-0.15, -0.1) is 11.3 Å². The van der Waals surface area contributed by atoms with Gasteiger partial charge in [-0.25, -0.2) is 14.3 Å². The fraction of sp³-hybridized carbons (Fsp3) is 0.308. The molecular weight excluding hydrogens is 505 g/mol. The molecule has 1 N–H and O–H groups in total. The van der Waals surface area contributed by atoms with Crippen LogP contribution in [0.4, 0.5) is 18.2 Å². The summed E-state index contributed by atoms with van der Waals surface area (Å²) in [4.78, 5) is 31.3. The number of ether oxygens (including phenoxy) is 1. The summed E-state index contributed by atoms with van der Waals surface area (Å²) in [6.07, 6.45) is -0.293. The maximum Gasteiger partial charge on any atom is 0.433 e. The van der Waals surface area contributed by atoms with Gasteiger partial charge in [-0.2, -0.15) is 18.3 Å². The van der Waals surface area contributed by atoms with Crippen molar-refractivity contribution in [1.29, 1.82) is 0 Å². The Morgan fingerprint density at radius 1 is 1.11 bits per heavy atom. The van der Waals surface area contributed by atoms with Crippen molar-refractivity contribution in [2.24, 2.45) is 0 Å². The second kappa shape index (κ2) is 9.97. The zero-order valence-electron chi connectivity index (χ0n) is 19.9. The molecule has 0 bridgehead atoms. The first-order valence-electron chi connectivity index (χ1n) is 11.9. The highest BCUT2D eigenvalue weighted by Crippen LogP contribution is 2.38. The summed E-state index contributed by atoms with van der Waals surface area (Å²) >= 11 is 1.30. The van der Waals surface area contributed by atoms with Crippen molar-refractivity contribution < 1.29 is 27.5 Å². The lowest BCUT2D eigenvalue weighted by atomic mass is 10.1. The minimum atomic E-state index is -4.73. The molecule has 4 aromatic rings. The summed E-state index contributed by atoms with van der Waals surface area (Å²) in [6, 6.07) is 10.6. The molecule has 0 fully saturated rings. The van der Waals surface area contributed by atoms with Gasteiger partial charge in [-0.1, -0.05) is 36.8 Å². The summed E-state index contributed by atoms with van der Waals surface area (Å²) in [6.45, 7) is 1.88. The van der Waals surface area contributed by atoms with E-state index in [0.717, 1.165) is 42.2 Å². The number of hydrogen-bond donors (Lipinski definition) is 1. The van der Waals surface area contributed by atoms with Gasteiger partial charge in [0.1, 0.15) is 5.00 Å². The largest absolute Gasteiger partial charge is 0.462 e. The first-order chi connectivity index (χ1) is 17.8. The van der Waals surface area contributed by atoms with Crippen LogP contribution in [-0.2, 0) is 23.8 Å². The number of aryl methyl sites for hydroxylation is 1. The molecule has 7 nitrogen and oxygen atoms in total. The summed E-state index contributed by atoms with van der Waals surface area (Å²) < 4.78 is 47.6. The molecule has 0 spiro atoms. The standard InChI is InChI=1S/C26H23F3N4O3S/c1-2-36-25(35)22-16-11-7-4-8-12-19(16)37-24(22)31-23(34)18-14-21-30-17(15-9-5-3-6-10-15)13-20(26(27,28)29)33(21)32-18/h3,5-6,9-10,13-14H,2,4,7-8,11-12H2,1H3,(H,31,34). The number of benzene rings is 1. The Kier molecular flexibility index (Phi) is 6.72. The molecule has 0 radical (unpaired) electrons. The Balaban J connectivity index is 1.54. The first-order valence-corrected chi connectivity index (χ1v) is 12.7. The first kappa shape index (κ1) is 24.9. The molecule has 0 atom stereocenters. The number of aromatic nitrogens is 3. The van der Waals surface area contributed by atoms with Crippen molar-refractivity contribution in [1.82, 2.24) is 14.6 Å². The predicted molar refractivity (Wildman–Crippen MR) is 133 cm³/mol. The highest BCUT2D eigenvalue weighted by molar-refractivity contribution is 7.17. The lowest BCUT2D eigenvalue weighted by Gasteiger charge is -2.11. The van der Waals surface area contributed by atoms with Crippen LogP contribution >= 0.6 is 11.3 Å². The van der Waals surface area contributed by atoms with E-state index in [1.54, 1.807) is 37.3 Å². The zero-order chi connectivity index (χ0) is 26.2. The van der Waals surface area contributed by atoms with E-state index in [1.807, 2.05) is 0 Å². The van der Waals surface area contributed by atoms with Crippen LogP contribution in [0.15, 0.2) is 42.5 Å². The van der Waals surface area contributed by atoms with Gasteiger partial charge in [-0.3, -0.25) is 4.79 Å². The van der Waals surface area contributed by atoms with Crippen LogP contribution in [0.1, 0.15) is 63.2 Å². The van der Waals surface area contributed by atoms with Crippen molar-refractivity contribution >= 4 is 33.9 Å². The van der Waals surface area contributed by atoms with E-state index in [2.05, 4.69) is 15.4 Å². The maximum atomic E-state index is 13.9. The quantitative estimate of drug-likeness (QED) is 0.247. The van der Waals surface area contributed by atoms with E-state index >= 15 is 0 Å². The third-order valence-corrected chi connectivity index (χ3v) is 7.35. The van der Waals surface area contributed by atoms with Gasteiger partial charge in [0.2, 0.25) is 0 Å². The smallest absolute Gasteiger partial charge is 0.433 e. The Morgan fingerprint density at radius 2 is 1.86 bits per heavy atom. The Morgan fingerprint density at radius 3 is 2.59 bits per heavy atom. The highest BCUT2D eigenvalue weighted by atomic mass is 32.1. The monoisotopic (exact) mass is 528 g/mol.